The topological polar surface area (TPSA) is 84.7 Å². The predicted molar refractivity (Wildman–Crippen MR) is 92.6 cm³/mol. The van der Waals surface area contributed by atoms with E-state index in [4.69, 9.17) is 10.5 Å². The molecule has 3 N–H and O–H groups in total. The van der Waals surface area contributed by atoms with Crippen molar-refractivity contribution in [2.75, 3.05) is 26.2 Å². The molecule has 0 unspecified atom stereocenters. The zero-order valence-corrected chi connectivity index (χ0v) is 14.6. The summed E-state index contributed by atoms with van der Waals surface area (Å²) in [6.45, 7) is 1.76. The molecule has 3 aliphatic heterocycles. The number of fused-ring (bicyclic) bond motifs is 1. The van der Waals surface area contributed by atoms with Gasteiger partial charge in [-0.15, -0.1) is 0 Å². The maximum Gasteiger partial charge on any atom is 0.229 e. The summed E-state index contributed by atoms with van der Waals surface area (Å²) in [5.74, 6) is -1.33. The normalized spacial score (nSPS) is 32.2. The highest BCUT2D eigenvalue weighted by Crippen LogP contribution is 2.55. The lowest BCUT2D eigenvalue weighted by molar-refractivity contribution is -0.138. The fourth-order valence-corrected chi connectivity index (χ4v) is 4.83. The number of halogens is 1. The van der Waals surface area contributed by atoms with E-state index in [0.717, 1.165) is 12.8 Å². The van der Waals surface area contributed by atoms with Gasteiger partial charge in [0.15, 0.2) is 0 Å². The second-order valence-corrected chi connectivity index (χ2v) is 7.44. The first kappa shape index (κ1) is 17.4. The Balaban J connectivity index is 1.42. The molecule has 1 aromatic carbocycles. The first-order chi connectivity index (χ1) is 12.6. The Morgan fingerprint density at radius 3 is 3.00 bits per heavy atom. The number of carbonyl (C=O) groups excluding carboxylic acids is 2. The molecule has 0 aliphatic carbocycles. The molecule has 6 nitrogen and oxygen atoms in total. The predicted octanol–water partition coefficient (Wildman–Crippen LogP) is 0.449. The SMILES string of the molecule is NCCN1C[C@]23CC[C@H](O2)[C@H](C(=O)NCCc2ccccc2F)[C@@H]3C1=O. The summed E-state index contributed by atoms with van der Waals surface area (Å²) in [5.41, 5.74) is 5.64. The molecule has 3 saturated heterocycles. The summed E-state index contributed by atoms with van der Waals surface area (Å²) in [6.07, 6.45) is 1.83. The number of carbonyl (C=O) groups is 2. The first-order valence-electron chi connectivity index (χ1n) is 9.23. The summed E-state index contributed by atoms with van der Waals surface area (Å²) in [6, 6.07) is 6.54. The van der Waals surface area contributed by atoms with E-state index in [1.807, 2.05) is 0 Å². The van der Waals surface area contributed by atoms with Crippen molar-refractivity contribution < 1.29 is 18.7 Å². The number of nitrogens with one attached hydrogen (secondary N) is 1. The number of amides is 2. The number of rotatable bonds is 6. The molecule has 0 aromatic heterocycles. The zero-order valence-electron chi connectivity index (χ0n) is 14.6. The van der Waals surface area contributed by atoms with Gasteiger partial charge in [0.2, 0.25) is 11.8 Å². The van der Waals surface area contributed by atoms with Crippen LogP contribution in [-0.2, 0) is 20.7 Å². The highest BCUT2D eigenvalue weighted by Gasteiger charge is 2.68. The summed E-state index contributed by atoms with van der Waals surface area (Å²) in [5, 5.41) is 2.88. The van der Waals surface area contributed by atoms with Gasteiger partial charge in [-0.05, 0) is 30.9 Å². The molecule has 2 amide bonds. The Kier molecular flexibility index (Phi) is 4.44. The lowest BCUT2D eigenvalue weighted by atomic mass is 9.73. The summed E-state index contributed by atoms with van der Waals surface area (Å²) in [4.78, 5) is 27.3. The van der Waals surface area contributed by atoms with Crippen molar-refractivity contribution in [3.05, 3.63) is 35.6 Å². The van der Waals surface area contributed by atoms with Crippen molar-refractivity contribution in [3.8, 4) is 0 Å². The average molecular weight is 361 g/mol. The van der Waals surface area contributed by atoms with E-state index in [2.05, 4.69) is 5.32 Å². The number of hydrogen-bond donors (Lipinski definition) is 2. The van der Waals surface area contributed by atoms with Gasteiger partial charge in [-0.3, -0.25) is 9.59 Å². The molecule has 3 fully saturated rings. The number of nitrogens with zero attached hydrogens (tertiary/aromatic N) is 1. The second-order valence-electron chi connectivity index (χ2n) is 7.44. The molecule has 7 heteroatoms. The van der Waals surface area contributed by atoms with Gasteiger partial charge in [0.25, 0.3) is 0 Å². The van der Waals surface area contributed by atoms with E-state index >= 15 is 0 Å². The lowest BCUT2D eigenvalue weighted by Gasteiger charge is -2.27. The Bertz CT molecular complexity index is 728. The van der Waals surface area contributed by atoms with Crippen molar-refractivity contribution in [1.82, 2.24) is 10.2 Å². The summed E-state index contributed by atoms with van der Waals surface area (Å²) >= 11 is 0. The Morgan fingerprint density at radius 2 is 2.23 bits per heavy atom. The smallest absolute Gasteiger partial charge is 0.229 e. The molecule has 26 heavy (non-hydrogen) atoms. The van der Waals surface area contributed by atoms with Gasteiger partial charge < -0.3 is 20.7 Å². The van der Waals surface area contributed by atoms with Crippen molar-refractivity contribution in [2.45, 2.75) is 31.0 Å². The summed E-state index contributed by atoms with van der Waals surface area (Å²) in [7, 11) is 0. The van der Waals surface area contributed by atoms with Crippen LogP contribution in [0.2, 0.25) is 0 Å². The van der Waals surface area contributed by atoms with E-state index in [0.29, 0.717) is 38.2 Å². The molecule has 4 rings (SSSR count). The molecular weight excluding hydrogens is 337 g/mol. The van der Waals surface area contributed by atoms with Crippen LogP contribution in [0.1, 0.15) is 18.4 Å². The molecular formula is C19H24FN3O3. The minimum atomic E-state index is -0.523. The first-order valence-corrected chi connectivity index (χ1v) is 9.23. The van der Waals surface area contributed by atoms with E-state index in [1.54, 1.807) is 23.1 Å². The maximum absolute atomic E-state index is 13.7. The zero-order chi connectivity index (χ0) is 18.3. The second kappa shape index (κ2) is 6.63. The van der Waals surface area contributed by atoms with Crippen LogP contribution in [0.3, 0.4) is 0 Å². The maximum atomic E-state index is 13.7. The summed E-state index contributed by atoms with van der Waals surface area (Å²) < 4.78 is 19.8. The van der Waals surface area contributed by atoms with Crippen molar-refractivity contribution in [3.63, 3.8) is 0 Å². The van der Waals surface area contributed by atoms with Gasteiger partial charge in [0.1, 0.15) is 5.82 Å². The van der Waals surface area contributed by atoms with Crippen molar-refractivity contribution in [2.24, 2.45) is 17.6 Å². The van der Waals surface area contributed by atoms with Gasteiger partial charge in [0, 0.05) is 19.6 Å². The van der Waals surface area contributed by atoms with Gasteiger partial charge >= 0.3 is 0 Å². The van der Waals surface area contributed by atoms with Crippen LogP contribution in [0.25, 0.3) is 0 Å². The largest absolute Gasteiger partial charge is 0.368 e. The van der Waals surface area contributed by atoms with Gasteiger partial charge in [-0.1, -0.05) is 18.2 Å². The van der Waals surface area contributed by atoms with Crippen LogP contribution in [0.5, 0.6) is 0 Å². The van der Waals surface area contributed by atoms with E-state index in [9.17, 15) is 14.0 Å². The number of nitrogens with two attached hydrogens (primary N) is 1. The highest BCUT2D eigenvalue weighted by molar-refractivity contribution is 5.92. The van der Waals surface area contributed by atoms with Crippen LogP contribution in [0, 0.1) is 17.7 Å². The fraction of sp³-hybridized carbons (Fsp3) is 0.579. The monoisotopic (exact) mass is 361 g/mol. The number of likely N-dealkylation sites (tertiary alicyclic amines) is 1. The van der Waals surface area contributed by atoms with E-state index < -0.39 is 17.4 Å². The lowest BCUT2D eigenvalue weighted by Crippen LogP contribution is -2.46. The van der Waals surface area contributed by atoms with Crippen LogP contribution >= 0.6 is 0 Å². The van der Waals surface area contributed by atoms with Gasteiger partial charge in [-0.2, -0.15) is 0 Å². The number of benzene rings is 1. The van der Waals surface area contributed by atoms with Gasteiger partial charge in [-0.25, -0.2) is 4.39 Å². The fourth-order valence-electron chi connectivity index (χ4n) is 4.83. The highest BCUT2D eigenvalue weighted by atomic mass is 19.1. The Labute approximate surface area is 151 Å². The third-order valence-corrected chi connectivity index (χ3v) is 5.95. The molecule has 2 bridgehead atoms. The molecule has 0 saturated carbocycles. The molecule has 1 aromatic rings. The van der Waals surface area contributed by atoms with Crippen LogP contribution in [0.4, 0.5) is 4.39 Å². The number of ether oxygens (including phenoxy) is 1. The average Bonchev–Trinajstić information content (AvgIpc) is 3.25. The third kappa shape index (κ3) is 2.70. The Hall–Kier alpha value is -1.99. The van der Waals surface area contributed by atoms with Crippen molar-refractivity contribution >= 4 is 11.8 Å². The van der Waals surface area contributed by atoms with Crippen LogP contribution in [0.15, 0.2) is 24.3 Å². The Morgan fingerprint density at radius 1 is 1.42 bits per heavy atom. The molecule has 140 valence electrons. The quantitative estimate of drug-likeness (QED) is 0.771. The third-order valence-electron chi connectivity index (χ3n) is 5.95. The van der Waals surface area contributed by atoms with Crippen LogP contribution in [-0.4, -0.2) is 54.6 Å². The van der Waals surface area contributed by atoms with Crippen molar-refractivity contribution in [1.29, 1.82) is 0 Å². The molecule has 1 spiro atoms. The minimum absolute atomic E-state index is 0.0214. The molecule has 4 atom stereocenters. The van der Waals surface area contributed by atoms with Crippen LogP contribution < -0.4 is 11.1 Å². The molecule has 3 heterocycles. The van der Waals surface area contributed by atoms with Gasteiger partial charge in [0.05, 0.1) is 30.1 Å². The van der Waals surface area contributed by atoms with E-state index in [-0.39, 0.29) is 23.7 Å². The number of hydrogen-bond acceptors (Lipinski definition) is 4. The molecule has 3 aliphatic rings. The minimum Gasteiger partial charge on any atom is -0.368 e. The standard InChI is InChI=1S/C19H24FN3O3/c20-13-4-2-1-3-12(13)6-9-22-17(24)15-14-5-7-19(26-14)11-23(10-8-21)18(25)16(15)19/h1-4,14-16H,5-11,21H2,(H,22,24)/t14-,15-,16+,19-/m0/s1. The molecule has 0 radical (unpaired) electrons. The van der Waals surface area contributed by atoms with E-state index in [1.165, 1.54) is 6.07 Å².